The molecule has 0 aliphatic carbocycles. The number of fused-ring (bicyclic) bond motifs is 2. The van der Waals surface area contributed by atoms with Gasteiger partial charge in [0.25, 0.3) is 0 Å². The van der Waals surface area contributed by atoms with Crippen LogP contribution >= 0.6 is 0 Å². The van der Waals surface area contributed by atoms with Gasteiger partial charge in [0.15, 0.2) is 0 Å². The van der Waals surface area contributed by atoms with Crippen LogP contribution in [0.3, 0.4) is 0 Å². The zero-order valence-corrected chi connectivity index (χ0v) is 15.3. The molecular formula is C27H20. The summed E-state index contributed by atoms with van der Waals surface area (Å²) in [7, 11) is 0. The summed E-state index contributed by atoms with van der Waals surface area (Å²) < 4.78 is 0. The van der Waals surface area contributed by atoms with Gasteiger partial charge in [-0.1, -0.05) is 96.6 Å². The van der Waals surface area contributed by atoms with E-state index in [4.69, 9.17) is 0 Å². The highest BCUT2D eigenvalue weighted by Gasteiger charge is 2.11. The molecule has 5 aromatic rings. The van der Waals surface area contributed by atoms with Crippen LogP contribution in [0.5, 0.6) is 0 Å². The number of rotatable bonds is 2. The van der Waals surface area contributed by atoms with E-state index < -0.39 is 0 Å². The minimum absolute atomic E-state index is 1.25. The lowest BCUT2D eigenvalue weighted by molar-refractivity contribution is 1.47. The van der Waals surface area contributed by atoms with Crippen molar-refractivity contribution < 1.29 is 0 Å². The number of hydrogen-bond donors (Lipinski definition) is 0. The zero-order valence-electron chi connectivity index (χ0n) is 15.3. The van der Waals surface area contributed by atoms with Gasteiger partial charge in [0.2, 0.25) is 0 Å². The molecule has 0 bridgehead atoms. The summed E-state index contributed by atoms with van der Waals surface area (Å²) in [6.45, 7) is 2.14. The van der Waals surface area contributed by atoms with E-state index in [1.807, 2.05) is 0 Å². The Balaban J connectivity index is 1.87. The first-order chi connectivity index (χ1) is 13.3. The molecule has 0 aromatic heterocycles. The molecule has 5 aromatic carbocycles. The molecule has 0 aliphatic rings. The summed E-state index contributed by atoms with van der Waals surface area (Å²) in [4.78, 5) is 0. The second-order valence-corrected chi connectivity index (χ2v) is 7.14. The smallest absolute Gasteiger partial charge is 0.00266 e. The third-order valence-corrected chi connectivity index (χ3v) is 5.31. The Bertz CT molecular complexity index is 1250. The van der Waals surface area contributed by atoms with Crippen LogP contribution in [0.15, 0.2) is 103 Å². The van der Waals surface area contributed by atoms with Gasteiger partial charge in [-0.25, -0.2) is 0 Å². The van der Waals surface area contributed by atoms with Crippen molar-refractivity contribution >= 4 is 21.5 Å². The van der Waals surface area contributed by atoms with Gasteiger partial charge in [0.05, 0.1) is 0 Å². The molecule has 0 heterocycles. The molecule has 0 spiro atoms. The van der Waals surface area contributed by atoms with E-state index >= 15 is 0 Å². The van der Waals surface area contributed by atoms with Gasteiger partial charge < -0.3 is 0 Å². The first-order valence-corrected chi connectivity index (χ1v) is 9.37. The summed E-state index contributed by atoms with van der Waals surface area (Å²) in [5.41, 5.74) is 6.39. The Kier molecular flexibility index (Phi) is 3.76. The van der Waals surface area contributed by atoms with Gasteiger partial charge in [-0.15, -0.1) is 0 Å². The Hall–Kier alpha value is -3.38. The third-order valence-electron chi connectivity index (χ3n) is 5.31. The summed E-state index contributed by atoms with van der Waals surface area (Å²) in [5, 5.41) is 5.18. The van der Waals surface area contributed by atoms with Crippen LogP contribution in [0.2, 0.25) is 0 Å². The minimum atomic E-state index is 1.25. The molecule has 0 saturated heterocycles. The molecule has 0 saturated carbocycles. The van der Waals surface area contributed by atoms with Crippen molar-refractivity contribution in [3.05, 3.63) is 109 Å². The van der Waals surface area contributed by atoms with Crippen LogP contribution in [0.4, 0.5) is 0 Å². The molecule has 27 heavy (non-hydrogen) atoms. The van der Waals surface area contributed by atoms with E-state index in [-0.39, 0.29) is 0 Å². The highest BCUT2D eigenvalue weighted by molar-refractivity contribution is 6.13. The van der Waals surface area contributed by atoms with Crippen molar-refractivity contribution in [2.24, 2.45) is 0 Å². The monoisotopic (exact) mass is 344 g/mol. The summed E-state index contributed by atoms with van der Waals surface area (Å²) in [5.74, 6) is 0. The maximum absolute atomic E-state index is 2.34. The summed E-state index contributed by atoms with van der Waals surface area (Å²) >= 11 is 0. The molecule has 0 N–H and O–H groups in total. The Morgan fingerprint density at radius 3 is 1.93 bits per heavy atom. The molecular weight excluding hydrogens is 324 g/mol. The Labute approximate surface area is 159 Å². The fraction of sp³-hybridized carbons (Fsp3) is 0.0370. The minimum Gasteiger partial charge on any atom is -0.0622 e. The predicted molar refractivity (Wildman–Crippen MR) is 117 cm³/mol. The third kappa shape index (κ3) is 2.80. The van der Waals surface area contributed by atoms with Crippen LogP contribution in [0.1, 0.15) is 5.56 Å². The van der Waals surface area contributed by atoms with E-state index in [0.29, 0.717) is 0 Å². The van der Waals surface area contributed by atoms with Crippen molar-refractivity contribution in [2.45, 2.75) is 6.92 Å². The topological polar surface area (TPSA) is 0 Å². The lowest BCUT2D eigenvalue weighted by atomic mass is 9.90. The van der Waals surface area contributed by atoms with E-state index in [9.17, 15) is 0 Å². The molecule has 0 nitrogen and oxygen atoms in total. The molecule has 0 amide bonds. The number of hydrogen-bond acceptors (Lipinski definition) is 0. The van der Waals surface area contributed by atoms with Crippen molar-refractivity contribution in [2.75, 3.05) is 0 Å². The van der Waals surface area contributed by atoms with Crippen LogP contribution in [0.25, 0.3) is 43.8 Å². The predicted octanol–water partition coefficient (Wildman–Crippen LogP) is 7.64. The normalized spacial score (nSPS) is 11.1. The van der Waals surface area contributed by atoms with Crippen LogP contribution in [-0.4, -0.2) is 0 Å². The number of aryl methyl sites for hydroxylation is 1. The van der Waals surface area contributed by atoms with E-state index in [2.05, 4.69) is 110 Å². The Morgan fingerprint density at radius 1 is 0.444 bits per heavy atom. The van der Waals surface area contributed by atoms with E-state index in [1.54, 1.807) is 0 Å². The highest BCUT2D eigenvalue weighted by Crippen LogP contribution is 2.38. The average molecular weight is 344 g/mol. The van der Waals surface area contributed by atoms with Gasteiger partial charge in [0.1, 0.15) is 0 Å². The lowest BCUT2D eigenvalue weighted by Crippen LogP contribution is -1.87. The van der Waals surface area contributed by atoms with E-state index in [0.717, 1.165) is 0 Å². The van der Waals surface area contributed by atoms with Crippen LogP contribution in [-0.2, 0) is 0 Å². The molecule has 0 aliphatic heterocycles. The fourth-order valence-electron chi connectivity index (χ4n) is 3.90. The van der Waals surface area contributed by atoms with Gasteiger partial charge in [-0.3, -0.25) is 0 Å². The molecule has 5 rings (SSSR count). The molecule has 0 heteroatoms. The highest BCUT2D eigenvalue weighted by atomic mass is 14.1. The fourth-order valence-corrected chi connectivity index (χ4v) is 3.90. The van der Waals surface area contributed by atoms with Crippen molar-refractivity contribution in [1.82, 2.24) is 0 Å². The van der Waals surface area contributed by atoms with Crippen molar-refractivity contribution in [3.63, 3.8) is 0 Å². The van der Waals surface area contributed by atoms with Gasteiger partial charge in [0, 0.05) is 0 Å². The second kappa shape index (κ2) is 6.41. The largest absolute Gasteiger partial charge is 0.0622 e. The Morgan fingerprint density at radius 2 is 1.11 bits per heavy atom. The first kappa shape index (κ1) is 15.8. The lowest BCUT2D eigenvalue weighted by Gasteiger charge is -2.14. The van der Waals surface area contributed by atoms with Crippen molar-refractivity contribution in [1.29, 1.82) is 0 Å². The molecule has 0 fully saturated rings. The van der Waals surface area contributed by atoms with Gasteiger partial charge in [-0.05, 0) is 62.9 Å². The van der Waals surface area contributed by atoms with Crippen LogP contribution < -0.4 is 0 Å². The van der Waals surface area contributed by atoms with Crippen LogP contribution in [0, 0.1) is 6.92 Å². The molecule has 0 radical (unpaired) electrons. The molecule has 128 valence electrons. The maximum Gasteiger partial charge on any atom is -0.00266 e. The summed E-state index contributed by atoms with van der Waals surface area (Å²) in [6.07, 6.45) is 0. The quantitative estimate of drug-likeness (QED) is 0.289. The molecule has 0 unspecified atom stereocenters. The van der Waals surface area contributed by atoms with Crippen molar-refractivity contribution in [3.8, 4) is 22.3 Å². The van der Waals surface area contributed by atoms with Gasteiger partial charge >= 0.3 is 0 Å². The molecule has 0 atom stereocenters. The zero-order chi connectivity index (χ0) is 18.2. The summed E-state index contributed by atoms with van der Waals surface area (Å²) in [6, 6.07) is 37.3. The van der Waals surface area contributed by atoms with E-state index in [1.165, 1.54) is 49.4 Å². The maximum atomic E-state index is 2.34. The average Bonchev–Trinajstić information content (AvgIpc) is 2.73. The standard InChI is InChI=1S/C27H20/c1-19-11-13-21(14-12-19)27-25-10-6-5-9-23(25)17-24-16-15-22(18-26(24)27)20-7-3-2-4-8-20/h2-18H,1H3. The number of benzene rings is 5. The SMILES string of the molecule is Cc1ccc(-c2c3ccccc3cc3ccc(-c4ccccc4)cc23)cc1. The second-order valence-electron chi connectivity index (χ2n) is 7.14. The first-order valence-electron chi connectivity index (χ1n) is 9.37. The van der Waals surface area contributed by atoms with Gasteiger partial charge in [-0.2, -0.15) is 0 Å².